The molecule has 2 saturated heterocycles. The number of amides is 1. The van der Waals surface area contributed by atoms with Gasteiger partial charge in [0.05, 0.1) is 0 Å². The van der Waals surface area contributed by atoms with Crippen molar-refractivity contribution in [3.05, 3.63) is 0 Å². The van der Waals surface area contributed by atoms with Gasteiger partial charge in [-0.3, -0.25) is 0 Å². The first-order chi connectivity index (χ1) is 6.72. The number of likely N-dealkylation sites (tertiary alicyclic amines) is 1. The van der Waals surface area contributed by atoms with Gasteiger partial charge in [0, 0.05) is 19.6 Å². The van der Waals surface area contributed by atoms with Crippen molar-refractivity contribution in [3.63, 3.8) is 0 Å². The first kappa shape index (κ1) is 9.77. The molecule has 2 N–H and O–H groups in total. The molecule has 2 rings (SSSR count). The molecule has 0 saturated carbocycles. The molecule has 0 aromatic rings. The number of hydrogen-bond donors (Lipinski definition) is 2. The van der Waals surface area contributed by atoms with Gasteiger partial charge >= 0.3 is 6.09 Å². The molecule has 0 atom stereocenters. The van der Waals surface area contributed by atoms with Gasteiger partial charge in [-0.15, -0.1) is 0 Å². The molecular weight excluding hydrogens is 180 g/mol. The first-order valence-corrected chi connectivity index (χ1v) is 5.41. The van der Waals surface area contributed by atoms with E-state index in [-0.39, 0.29) is 0 Å². The predicted octanol–water partition coefficient (Wildman–Crippen LogP) is 1.13. The van der Waals surface area contributed by atoms with E-state index in [1.165, 1.54) is 12.8 Å². The number of carboxylic acid groups (broad SMARTS) is 1. The van der Waals surface area contributed by atoms with Gasteiger partial charge in [0.1, 0.15) is 0 Å². The lowest BCUT2D eigenvalue weighted by atomic mass is 9.73. The molecule has 2 heterocycles. The number of piperidine rings is 2. The molecule has 0 aromatic heterocycles. The molecular formula is C10H18N2O2. The van der Waals surface area contributed by atoms with E-state index in [1.807, 2.05) is 0 Å². The van der Waals surface area contributed by atoms with Gasteiger partial charge in [0.25, 0.3) is 0 Å². The molecule has 14 heavy (non-hydrogen) atoms. The van der Waals surface area contributed by atoms with E-state index >= 15 is 0 Å². The topological polar surface area (TPSA) is 52.6 Å². The SMILES string of the molecule is O=C(O)N1CCC2(CCCNC2)CC1. The van der Waals surface area contributed by atoms with Crippen molar-refractivity contribution >= 4 is 6.09 Å². The third kappa shape index (κ3) is 1.85. The van der Waals surface area contributed by atoms with Crippen LogP contribution in [-0.2, 0) is 0 Å². The highest BCUT2D eigenvalue weighted by atomic mass is 16.4. The smallest absolute Gasteiger partial charge is 0.407 e. The third-order valence-electron chi connectivity index (χ3n) is 3.66. The molecule has 0 bridgehead atoms. The lowest BCUT2D eigenvalue weighted by molar-refractivity contribution is 0.0730. The van der Waals surface area contributed by atoms with Crippen molar-refractivity contribution in [1.82, 2.24) is 10.2 Å². The Kier molecular flexibility index (Phi) is 2.63. The summed E-state index contributed by atoms with van der Waals surface area (Å²) in [6, 6.07) is 0. The normalized spacial score (nSPS) is 26.4. The van der Waals surface area contributed by atoms with Crippen LogP contribution in [0.2, 0.25) is 0 Å². The monoisotopic (exact) mass is 198 g/mol. The average Bonchev–Trinajstić information content (AvgIpc) is 2.19. The molecule has 1 spiro atoms. The van der Waals surface area contributed by atoms with Crippen LogP contribution in [0.15, 0.2) is 0 Å². The van der Waals surface area contributed by atoms with Crippen LogP contribution in [0.1, 0.15) is 25.7 Å². The number of carbonyl (C=O) groups is 1. The van der Waals surface area contributed by atoms with Gasteiger partial charge in [-0.1, -0.05) is 0 Å². The molecule has 2 aliphatic rings. The third-order valence-corrected chi connectivity index (χ3v) is 3.66. The molecule has 4 heteroatoms. The fourth-order valence-corrected chi connectivity index (χ4v) is 2.63. The zero-order valence-electron chi connectivity index (χ0n) is 8.46. The number of nitrogens with one attached hydrogen (secondary N) is 1. The average molecular weight is 198 g/mol. The highest BCUT2D eigenvalue weighted by Gasteiger charge is 2.36. The molecule has 1 amide bonds. The van der Waals surface area contributed by atoms with Crippen LogP contribution >= 0.6 is 0 Å². The quantitative estimate of drug-likeness (QED) is 0.613. The number of rotatable bonds is 0. The summed E-state index contributed by atoms with van der Waals surface area (Å²) in [4.78, 5) is 12.3. The van der Waals surface area contributed by atoms with Gasteiger partial charge in [-0.05, 0) is 37.6 Å². The van der Waals surface area contributed by atoms with E-state index in [1.54, 1.807) is 4.90 Å². The summed E-state index contributed by atoms with van der Waals surface area (Å²) in [7, 11) is 0. The zero-order valence-corrected chi connectivity index (χ0v) is 8.46. The Morgan fingerprint density at radius 2 is 2.00 bits per heavy atom. The van der Waals surface area contributed by atoms with Crippen molar-refractivity contribution < 1.29 is 9.90 Å². The Hall–Kier alpha value is -0.770. The van der Waals surface area contributed by atoms with Crippen LogP contribution < -0.4 is 5.32 Å². The summed E-state index contributed by atoms with van der Waals surface area (Å²) in [5.74, 6) is 0. The minimum atomic E-state index is -0.761. The maximum Gasteiger partial charge on any atom is 0.407 e. The van der Waals surface area contributed by atoms with E-state index in [4.69, 9.17) is 5.11 Å². The molecule has 0 aliphatic carbocycles. The second kappa shape index (κ2) is 3.77. The molecule has 80 valence electrons. The lowest BCUT2D eigenvalue weighted by Crippen LogP contribution is -2.49. The second-order valence-corrected chi connectivity index (χ2v) is 4.55. The van der Waals surface area contributed by atoms with Gasteiger partial charge in [-0.2, -0.15) is 0 Å². The van der Waals surface area contributed by atoms with Crippen molar-refractivity contribution in [3.8, 4) is 0 Å². The van der Waals surface area contributed by atoms with Crippen molar-refractivity contribution in [1.29, 1.82) is 0 Å². The molecule has 4 nitrogen and oxygen atoms in total. The van der Waals surface area contributed by atoms with E-state index in [0.29, 0.717) is 5.41 Å². The molecule has 2 fully saturated rings. The summed E-state index contributed by atoms with van der Waals surface area (Å²) in [6.45, 7) is 3.65. The van der Waals surface area contributed by atoms with Crippen LogP contribution in [0.3, 0.4) is 0 Å². The Morgan fingerprint density at radius 3 is 2.50 bits per heavy atom. The maximum absolute atomic E-state index is 10.7. The van der Waals surface area contributed by atoms with Crippen LogP contribution in [0, 0.1) is 5.41 Å². The van der Waals surface area contributed by atoms with E-state index in [9.17, 15) is 4.79 Å². The van der Waals surface area contributed by atoms with Crippen molar-refractivity contribution in [2.75, 3.05) is 26.2 Å². The minimum absolute atomic E-state index is 0.407. The van der Waals surface area contributed by atoms with Crippen LogP contribution in [0.5, 0.6) is 0 Å². The van der Waals surface area contributed by atoms with Crippen LogP contribution in [0.4, 0.5) is 4.79 Å². The van der Waals surface area contributed by atoms with Gasteiger partial charge in [0.15, 0.2) is 0 Å². The zero-order chi connectivity index (χ0) is 10.0. The standard InChI is InChI=1S/C10H18N2O2/c13-9(14)12-6-3-10(4-7-12)2-1-5-11-8-10/h11H,1-8H2,(H,13,14). The fraction of sp³-hybridized carbons (Fsp3) is 0.900. The molecule has 0 unspecified atom stereocenters. The Bertz CT molecular complexity index is 214. The number of hydrogen-bond acceptors (Lipinski definition) is 2. The lowest BCUT2D eigenvalue weighted by Gasteiger charge is -2.43. The summed E-state index contributed by atoms with van der Waals surface area (Å²) < 4.78 is 0. The van der Waals surface area contributed by atoms with Crippen molar-refractivity contribution in [2.24, 2.45) is 5.41 Å². The van der Waals surface area contributed by atoms with Crippen LogP contribution in [0.25, 0.3) is 0 Å². The van der Waals surface area contributed by atoms with Gasteiger partial charge in [-0.25, -0.2) is 4.79 Å². The second-order valence-electron chi connectivity index (χ2n) is 4.55. The molecule has 0 radical (unpaired) electrons. The first-order valence-electron chi connectivity index (χ1n) is 5.41. The van der Waals surface area contributed by atoms with Gasteiger partial charge < -0.3 is 15.3 Å². The molecule has 0 aromatic carbocycles. The van der Waals surface area contributed by atoms with Gasteiger partial charge in [0.2, 0.25) is 0 Å². The fourth-order valence-electron chi connectivity index (χ4n) is 2.63. The summed E-state index contributed by atoms with van der Waals surface area (Å²) in [5, 5.41) is 12.3. The maximum atomic E-state index is 10.7. The summed E-state index contributed by atoms with van der Waals surface area (Å²) in [6.07, 6.45) is 3.82. The van der Waals surface area contributed by atoms with E-state index in [0.717, 1.165) is 39.0 Å². The largest absolute Gasteiger partial charge is 0.465 e. The van der Waals surface area contributed by atoms with E-state index < -0.39 is 6.09 Å². The number of nitrogens with zero attached hydrogens (tertiary/aromatic N) is 1. The van der Waals surface area contributed by atoms with E-state index in [2.05, 4.69) is 5.32 Å². The summed E-state index contributed by atoms with van der Waals surface area (Å²) in [5.41, 5.74) is 0.407. The Morgan fingerprint density at radius 1 is 1.29 bits per heavy atom. The van der Waals surface area contributed by atoms with Crippen molar-refractivity contribution in [2.45, 2.75) is 25.7 Å². The minimum Gasteiger partial charge on any atom is -0.465 e. The Balaban J connectivity index is 1.90. The highest BCUT2D eigenvalue weighted by Crippen LogP contribution is 2.37. The summed E-state index contributed by atoms with van der Waals surface area (Å²) >= 11 is 0. The van der Waals surface area contributed by atoms with Crippen LogP contribution in [-0.4, -0.2) is 42.3 Å². The molecule has 2 aliphatic heterocycles. The predicted molar refractivity (Wildman–Crippen MR) is 53.4 cm³/mol. The highest BCUT2D eigenvalue weighted by molar-refractivity contribution is 5.65. The Labute approximate surface area is 84.3 Å².